The second-order valence-electron chi connectivity index (χ2n) is 5.80. The van der Waals surface area contributed by atoms with Gasteiger partial charge in [0, 0.05) is 6.20 Å². The third kappa shape index (κ3) is 2.55. The highest BCUT2D eigenvalue weighted by molar-refractivity contribution is 6.30. The Kier molecular flexibility index (Phi) is 3.48. The van der Waals surface area contributed by atoms with Crippen LogP contribution in [-0.4, -0.2) is 21.7 Å². The first-order chi connectivity index (χ1) is 9.56. The number of pyridine rings is 1. The lowest BCUT2D eigenvalue weighted by Gasteiger charge is -2.36. The van der Waals surface area contributed by atoms with Crippen LogP contribution in [0.2, 0.25) is 5.02 Å². The van der Waals surface area contributed by atoms with Crippen LogP contribution >= 0.6 is 11.6 Å². The van der Waals surface area contributed by atoms with E-state index >= 15 is 0 Å². The van der Waals surface area contributed by atoms with E-state index in [2.05, 4.69) is 34.3 Å². The number of aromatic nitrogens is 3. The number of piperidine rings is 1. The molecule has 0 saturated carbocycles. The number of hydrogen-bond acceptors (Lipinski definition) is 5. The molecule has 0 spiro atoms. The maximum absolute atomic E-state index is 5.83. The number of halogens is 1. The summed E-state index contributed by atoms with van der Waals surface area (Å²) in [5.41, 5.74) is 0.771. The minimum Gasteiger partial charge on any atom is -0.337 e. The Balaban J connectivity index is 1.88. The Bertz CT molecular complexity index is 593. The van der Waals surface area contributed by atoms with Crippen molar-refractivity contribution >= 4 is 11.6 Å². The highest BCUT2D eigenvalue weighted by Crippen LogP contribution is 2.39. The van der Waals surface area contributed by atoms with Crippen LogP contribution in [0.3, 0.4) is 0 Å². The van der Waals surface area contributed by atoms with Gasteiger partial charge in [0.05, 0.1) is 11.1 Å². The van der Waals surface area contributed by atoms with Crippen molar-refractivity contribution in [1.29, 1.82) is 0 Å². The minimum absolute atomic E-state index is 0.0878. The summed E-state index contributed by atoms with van der Waals surface area (Å²) in [6.45, 7) is 5.41. The van der Waals surface area contributed by atoms with Gasteiger partial charge >= 0.3 is 0 Å². The third-order valence-corrected chi connectivity index (χ3v) is 4.00. The minimum atomic E-state index is 0.0878. The predicted octanol–water partition coefficient (Wildman–Crippen LogP) is 3.24. The topological polar surface area (TPSA) is 63.8 Å². The van der Waals surface area contributed by atoms with Crippen LogP contribution in [-0.2, 0) is 0 Å². The summed E-state index contributed by atoms with van der Waals surface area (Å²) in [5.74, 6) is 1.13. The average molecular weight is 293 g/mol. The third-order valence-electron chi connectivity index (χ3n) is 3.77. The molecular formula is C14H17ClN4O. The van der Waals surface area contributed by atoms with Gasteiger partial charge in [0.2, 0.25) is 11.7 Å². The summed E-state index contributed by atoms with van der Waals surface area (Å²) in [7, 11) is 0. The molecule has 1 saturated heterocycles. The number of rotatable bonds is 2. The van der Waals surface area contributed by atoms with Gasteiger partial charge in [-0.15, -0.1) is 0 Å². The van der Waals surface area contributed by atoms with E-state index in [1.165, 1.54) is 6.42 Å². The van der Waals surface area contributed by atoms with Crippen molar-refractivity contribution in [2.24, 2.45) is 5.41 Å². The van der Waals surface area contributed by atoms with Crippen LogP contribution < -0.4 is 5.32 Å². The molecule has 5 nitrogen and oxygen atoms in total. The van der Waals surface area contributed by atoms with Crippen LogP contribution in [0.25, 0.3) is 11.5 Å². The number of hydrogen-bond donors (Lipinski definition) is 1. The van der Waals surface area contributed by atoms with E-state index in [1.54, 1.807) is 18.3 Å². The largest absolute Gasteiger partial charge is 0.337 e. The van der Waals surface area contributed by atoms with Gasteiger partial charge in [-0.1, -0.05) is 30.6 Å². The quantitative estimate of drug-likeness (QED) is 0.920. The zero-order valence-electron chi connectivity index (χ0n) is 11.6. The molecule has 2 aromatic heterocycles. The van der Waals surface area contributed by atoms with Gasteiger partial charge < -0.3 is 9.84 Å². The monoisotopic (exact) mass is 292 g/mol. The summed E-state index contributed by atoms with van der Waals surface area (Å²) in [6.07, 6.45) is 3.89. The molecule has 106 valence electrons. The molecule has 0 amide bonds. The number of nitrogens with zero attached hydrogens (tertiary/aromatic N) is 3. The lowest BCUT2D eigenvalue weighted by molar-refractivity contribution is 0.146. The molecule has 0 radical (unpaired) electrons. The molecule has 1 unspecified atom stereocenters. The van der Waals surface area contributed by atoms with Gasteiger partial charge in [0.15, 0.2) is 0 Å². The van der Waals surface area contributed by atoms with E-state index in [0.29, 0.717) is 22.4 Å². The molecule has 20 heavy (non-hydrogen) atoms. The molecule has 0 aromatic carbocycles. The summed E-state index contributed by atoms with van der Waals surface area (Å²) >= 11 is 5.83. The molecule has 3 rings (SSSR count). The van der Waals surface area contributed by atoms with Gasteiger partial charge in [-0.2, -0.15) is 4.98 Å². The molecule has 1 fully saturated rings. The molecule has 0 aliphatic carbocycles. The van der Waals surface area contributed by atoms with Gasteiger partial charge in [-0.05, 0) is 36.9 Å². The highest BCUT2D eigenvalue weighted by atomic mass is 35.5. The van der Waals surface area contributed by atoms with Crippen molar-refractivity contribution in [3.63, 3.8) is 0 Å². The molecule has 1 atom stereocenters. The molecule has 1 N–H and O–H groups in total. The van der Waals surface area contributed by atoms with Gasteiger partial charge in [0.25, 0.3) is 0 Å². The van der Waals surface area contributed by atoms with E-state index in [9.17, 15) is 0 Å². The fourth-order valence-corrected chi connectivity index (χ4v) is 2.71. The SMILES string of the molecule is CC1(C)CCCNC1c1nc(-c2ccc(Cl)cn2)no1. The predicted molar refractivity (Wildman–Crippen MR) is 76.3 cm³/mol. The first kappa shape index (κ1) is 13.5. The van der Waals surface area contributed by atoms with Crippen molar-refractivity contribution in [1.82, 2.24) is 20.4 Å². The molecular weight excluding hydrogens is 276 g/mol. The van der Waals surface area contributed by atoms with Crippen molar-refractivity contribution in [2.45, 2.75) is 32.7 Å². The summed E-state index contributed by atoms with van der Waals surface area (Å²) in [6, 6.07) is 3.64. The maximum Gasteiger partial charge on any atom is 0.244 e. The van der Waals surface area contributed by atoms with Crippen LogP contribution in [0.5, 0.6) is 0 Å². The first-order valence-corrected chi connectivity index (χ1v) is 7.13. The number of nitrogens with one attached hydrogen (secondary N) is 1. The van der Waals surface area contributed by atoms with Crippen molar-refractivity contribution < 1.29 is 4.52 Å². The summed E-state index contributed by atoms with van der Waals surface area (Å²) < 4.78 is 5.43. The highest BCUT2D eigenvalue weighted by Gasteiger charge is 2.37. The summed E-state index contributed by atoms with van der Waals surface area (Å²) in [4.78, 5) is 8.69. The van der Waals surface area contributed by atoms with E-state index in [1.807, 2.05) is 0 Å². The first-order valence-electron chi connectivity index (χ1n) is 6.75. The van der Waals surface area contributed by atoms with Crippen LogP contribution in [0.1, 0.15) is 38.6 Å². The van der Waals surface area contributed by atoms with Gasteiger partial charge in [-0.3, -0.25) is 4.98 Å². The van der Waals surface area contributed by atoms with Crippen LogP contribution in [0.4, 0.5) is 0 Å². The van der Waals surface area contributed by atoms with E-state index in [4.69, 9.17) is 16.1 Å². The lowest BCUT2D eigenvalue weighted by atomic mass is 9.77. The summed E-state index contributed by atoms with van der Waals surface area (Å²) in [5, 5.41) is 8.08. The zero-order valence-corrected chi connectivity index (χ0v) is 12.3. The van der Waals surface area contributed by atoms with Gasteiger partial charge in [-0.25, -0.2) is 0 Å². The Hall–Kier alpha value is -1.46. The Morgan fingerprint density at radius 3 is 2.95 bits per heavy atom. The molecule has 2 aromatic rings. The van der Waals surface area contributed by atoms with Crippen molar-refractivity contribution in [3.05, 3.63) is 29.2 Å². The Morgan fingerprint density at radius 1 is 1.40 bits per heavy atom. The Labute approximate surface area is 122 Å². The normalized spacial score (nSPS) is 21.9. The van der Waals surface area contributed by atoms with Crippen molar-refractivity contribution in [3.8, 4) is 11.5 Å². The average Bonchev–Trinajstić information content (AvgIpc) is 2.88. The van der Waals surface area contributed by atoms with Crippen LogP contribution in [0.15, 0.2) is 22.9 Å². The second-order valence-corrected chi connectivity index (χ2v) is 6.23. The second kappa shape index (κ2) is 5.14. The molecule has 6 heteroatoms. The van der Waals surface area contributed by atoms with Gasteiger partial charge in [0.1, 0.15) is 5.69 Å². The van der Waals surface area contributed by atoms with E-state index < -0.39 is 0 Å². The zero-order chi connectivity index (χ0) is 14.2. The fourth-order valence-electron chi connectivity index (χ4n) is 2.60. The van der Waals surface area contributed by atoms with Crippen LogP contribution in [0, 0.1) is 5.41 Å². The van der Waals surface area contributed by atoms with E-state index in [0.717, 1.165) is 13.0 Å². The fraction of sp³-hybridized carbons (Fsp3) is 0.500. The lowest BCUT2D eigenvalue weighted by Crippen LogP contribution is -2.39. The molecule has 0 bridgehead atoms. The molecule has 1 aliphatic heterocycles. The Morgan fingerprint density at radius 2 is 2.25 bits per heavy atom. The van der Waals surface area contributed by atoms with E-state index in [-0.39, 0.29) is 11.5 Å². The smallest absolute Gasteiger partial charge is 0.244 e. The standard InChI is InChI=1S/C14H17ClN4O/c1-14(2)6-3-7-16-11(14)13-18-12(19-20-13)10-5-4-9(15)8-17-10/h4-5,8,11,16H,3,6-7H2,1-2H3. The van der Waals surface area contributed by atoms with Crippen molar-refractivity contribution in [2.75, 3.05) is 6.54 Å². The maximum atomic E-state index is 5.83. The molecule has 3 heterocycles. The molecule has 1 aliphatic rings.